The largest absolute Gasteiger partial charge is 0.478 e. The van der Waals surface area contributed by atoms with E-state index in [2.05, 4.69) is 15.4 Å². The van der Waals surface area contributed by atoms with Crippen LogP contribution >= 0.6 is 0 Å². The summed E-state index contributed by atoms with van der Waals surface area (Å²) in [5, 5.41) is 26.2. The maximum atomic E-state index is 10.7. The van der Waals surface area contributed by atoms with E-state index in [-0.39, 0.29) is 18.6 Å². The number of aromatic nitrogens is 3. The van der Waals surface area contributed by atoms with E-state index in [4.69, 9.17) is 5.11 Å². The lowest BCUT2D eigenvalue weighted by molar-refractivity contribution is -0.131. The molecule has 1 atom stereocenters. The number of aliphatic carboxylic acids is 1. The number of rotatable bonds is 7. The number of fused-ring (bicyclic) bond motifs is 1. The van der Waals surface area contributed by atoms with Gasteiger partial charge in [-0.1, -0.05) is 32.0 Å². The number of carboxylic acid groups (broad SMARTS) is 1. The first-order chi connectivity index (χ1) is 13.0. The van der Waals surface area contributed by atoms with Crippen LogP contribution in [0.15, 0.2) is 48.7 Å². The Balaban J connectivity index is 1.97. The molecule has 3 N–H and O–H groups in total. The van der Waals surface area contributed by atoms with E-state index in [1.807, 2.05) is 50.2 Å². The molecule has 0 aliphatic carbocycles. The second-order valence-corrected chi connectivity index (χ2v) is 6.61. The van der Waals surface area contributed by atoms with E-state index in [9.17, 15) is 9.90 Å². The molecule has 0 amide bonds. The fourth-order valence-electron chi connectivity index (χ4n) is 2.73. The second-order valence-electron chi connectivity index (χ2n) is 6.61. The molecule has 1 aromatic carbocycles. The Bertz CT molecular complexity index is 978. The van der Waals surface area contributed by atoms with Crippen LogP contribution in [0.5, 0.6) is 0 Å². The van der Waals surface area contributed by atoms with E-state index in [0.717, 1.165) is 22.9 Å². The lowest BCUT2D eigenvalue weighted by Gasteiger charge is -2.20. The molecule has 0 aliphatic heterocycles. The van der Waals surface area contributed by atoms with E-state index < -0.39 is 5.97 Å². The van der Waals surface area contributed by atoms with Gasteiger partial charge >= 0.3 is 5.97 Å². The number of anilines is 1. The van der Waals surface area contributed by atoms with Gasteiger partial charge in [0.05, 0.1) is 24.5 Å². The van der Waals surface area contributed by atoms with Gasteiger partial charge in [-0.25, -0.2) is 14.3 Å². The number of hydrogen-bond acceptors (Lipinski definition) is 5. The van der Waals surface area contributed by atoms with Crippen LogP contribution in [0.1, 0.15) is 19.4 Å². The van der Waals surface area contributed by atoms with Crippen molar-refractivity contribution in [3.63, 3.8) is 0 Å². The molecule has 27 heavy (non-hydrogen) atoms. The minimum Gasteiger partial charge on any atom is -0.478 e. The Morgan fingerprint density at radius 1 is 1.30 bits per heavy atom. The molecule has 0 spiro atoms. The highest BCUT2D eigenvalue weighted by molar-refractivity contribution is 5.85. The van der Waals surface area contributed by atoms with Crippen LogP contribution in [-0.2, 0) is 4.79 Å². The lowest BCUT2D eigenvalue weighted by Crippen LogP contribution is -2.30. The standard InChI is InChI=1S/C20H22N4O3/c1-13(2)16(12-25)22-18-7-8-19-21-11-17(24(19)23-18)15-5-3-4-14(10-15)6-9-20(26)27/h3-11,13,16,25H,12H2,1-2H3,(H,22,23)(H,26,27)/b9-6+/t16-/m1/s1. The number of imidazole rings is 1. The van der Waals surface area contributed by atoms with Crippen molar-refractivity contribution in [2.75, 3.05) is 11.9 Å². The lowest BCUT2D eigenvalue weighted by atomic mass is 10.1. The van der Waals surface area contributed by atoms with Crippen molar-refractivity contribution in [1.82, 2.24) is 14.6 Å². The molecule has 0 radical (unpaired) electrons. The molecule has 0 aliphatic rings. The first kappa shape index (κ1) is 18.6. The van der Waals surface area contributed by atoms with Gasteiger partial charge < -0.3 is 15.5 Å². The molecule has 7 heteroatoms. The third kappa shape index (κ3) is 4.32. The second kappa shape index (κ2) is 8.01. The van der Waals surface area contributed by atoms with E-state index >= 15 is 0 Å². The molecule has 7 nitrogen and oxygen atoms in total. The highest BCUT2D eigenvalue weighted by Gasteiger charge is 2.14. The summed E-state index contributed by atoms with van der Waals surface area (Å²) >= 11 is 0. The predicted octanol–water partition coefficient (Wildman–Crippen LogP) is 2.92. The molecule has 0 saturated heterocycles. The van der Waals surface area contributed by atoms with Gasteiger partial charge in [0.15, 0.2) is 5.65 Å². The number of aliphatic hydroxyl groups is 1. The monoisotopic (exact) mass is 366 g/mol. The third-order valence-corrected chi connectivity index (χ3v) is 4.30. The van der Waals surface area contributed by atoms with Gasteiger partial charge in [0.1, 0.15) is 5.82 Å². The smallest absolute Gasteiger partial charge is 0.328 e. The first-order valence-electron chi connectivity index (χ1n) is 8.71. The van der Waals surface area contributed by atoms with Crippen molar-refractivity contribution in [3.8, 4) is 11.3 Å². The molecule has 2 aromatic heterocycles. The molecule has 140 valence electrons. The molecular formula is C20H22N4O3. The SMILES string of the molecule is CC(C)[C@@H](CO)Nc1ccc2ncc(-c3cccc(/C=C/C(=O)O)c3)n2n1. The van der Waals surface area contributed by atoms with Crippen LogP contribution in [0, 0.1) is 5.92 Å². The summed E-state index contributed by atoms with van der Waals surface area (Å²) in [5.41, 5.74) is 3.15. The Hall–Kier alpha value is -3.19. The van der Waals surface area contributed by atoms with Crippen LogP contribution < -0.4 is 5.32 Å². The van der Waals surface area contributed by atoms with E-state index in [1.54, 1.807) is 16.8 Å². The van der Waals surface area contributed by atoms with Gasteiger partial charge in [-0.3, -0.25) is 0 Å². The normalized spacial score (nSPS) is 12.7. The fraction of sp³-hybridized carbons (Fsp3) is 0.250. The highest BCUT2D eigenvalue weighted by atomic mass is 16.4. The summed E-state index contributed by atoms with van der Waals surface area (Å²) in [6.07, 6.45) is 4.39. The number of nitrogens with zero attached hydrogens (tertiary/aromatic N) is 3. The average Bonchev–Trinajstić information content (AvgIpc) is 3.07. The summed E-state index contributed by atoms with van der Waals surface area (Å²) in [7, 11) is 0. The van der Waals surface area contributed by atoms with Crippen molar-refractivity contribution in [2.24, 2.45) is 5.92 Å². The topological polar surface area (TPSA) is 99.8 Å². The first-order valence-corrected chi connectivity index (χ1v) is 8.71. The predicted molar refractivity (Wildman–Crippen MR) is 104 cm³/mol. The maximum absolute atomic E-state index is 10.7. The van der Waals surface area contributed by atoms with Gasteiger partial charge in [-0.2, -0.15) is 0 Å². The van der Waals surface area contributed by atoms with Crippen molar-refractivity contribution in [1.29, 1.82) is 0 Å². The summed E-state index contributed by atoms with van der Waals surface area (Å²) in [4.78, 5) is 15.1. The minimum absolute atomic E-state index is 0.0200. The van der Waals surface area contributed by atoms with Crippen molar-refractivity contribution >= 4 is 23.5 Å². The number of benzene rings is 1. The summed E-state index contributed by atoms with van der Waals surface area (Å²) < 4.78 is 1.73. The van der Waals surface area contributed by atoms with Gasteiger partial charge in [-0.15, -0.1) is 5.10 Å². The zero-order valence-electron chi connectivity index (χ0n) is 15.2. The summed E-state index contributed by atoms with van der Waals surface area (Å²) in [5.74, 6) is -0.0833. The van der Waals surface area contributed by atoms with Crippen molar-refractivity contribution in [2.45, 2.75) is 19.9 Å². The Morgan fingerprint density at radius 3 is 2.81 bits per heavy atom. The molecule has 0 fully saturated rings. The van der Waals surface area contributed by atoms with Crippen molar-refractivity contribution < 1.29 is 15.0 Å². The number of aliphatic hydroxyl groups excluding tert-OH is 1. The molecule has 3 aromatic rings. The van der Waals surface area contributed by atoms with Crippen LogP contribution in [0.25, 0.3) is 23.0 Å². The Morgan fingerprint density at radius 2 is 2.11 bits per heavy atom. The Labute approximate surface area is 157 Å². The minimum atomic E-state index is -0.990. The summed E-state index contributed by atoms with van der Waals surface area (Å²) in [6, 6.07) is 11.1. The maximum Gasteiger partial charge on any atom is 0.328 e. The molecule has 0 saturated carbocycles. The average molecular weight is 366 g/mol. The molecule has 3 rings (SSSR count). The molecule has 0 bridgehead atoms. The van der Waals surface area contributed by atoms with E-state index in [0.29, 0.717) is 11.5 Å². The fourth-order valence-corrected chi connectivity index (χ4v) is 2.73. The zero-order valence-corrected chi connectivity index (χ0v) is 15.2. The number of nitrogens with one attached hydrogen (secondary N) is 1. The number of hydrogen-bond donors (Lipinski definition) is 3. The van der Waals surface area contributed by atoms with Gasteiger partial charge in [0, 0.05) is 11.6 Å². The van der Waals surface area contributed by atoms with Crippen LogP contribution in [0.2, 0.25) is 0 Å². The number of carbonyl (C=O) groups is 1. The zero-order chi connectivity index (χ0) is 19.4. The molecule has 0 unspecified atom stereocenters. The van der Waals surface area contributed by atoms with Crippen LogP contribution in [0.4, 0.5) is 5.82 Å². The van der Waals surface area contributed by atoms with Crippen LogP contribution in [0.3, 0.4) is 0 Å². The highest BCUT2D eigenvalue weighted by Crippen LogP contribution is 2.23. The van der Waals surface area contributed by atoms with Crippen molar-refractivity contribution in [3.05, 3.63) is 54.2 Å². The Kier molecular flexibility index (Phi) is 5.52. The quantitative estimate of drug-likeness (QED) is 0.556. The number of carboxylic acids is 1. The van der Waals surface area contributed by atoms with Gasteiger partial charge in [0.2, 0.25) is 0 Å². The third-order valence-electron chi connectivity index (χ3n) is 4.30. The van der Waals surface area contributed by atoms with Gasteiger partial charge in [-0.05, 0) is 35.8 Å². The molecular weight excluding hydrogens is 344 g/mol. The summed E-state index contributed by atoms with van der Waals surface area (Å²) in [6.45, 7) is 4.09. The molecule has 2 heterocycles. The van der Waals surface area contributed by atoms with Crippen LogP contribution in [-0.4, -0.2) is 43.4 Å². The van der Waals surface area contributed by atoms with Gasteiger partial charge in [0.25, 0.3) is 0 Å². The van der Waals surface area contributed by atoms with E-state index in [1.165, 1.54) is 0 Å².